The maximum Gasteiger partial charge on any atom is 0.305 e. The van der Waals surface area contributed by atoms with Crippen LogP contribution in [0.15, 0.2) is 0 Å². The van der Waals surface area contributed by atoms with Gasteiger partial charge in [-0.25, -0.2) is 0 Å². The fraction of sp³-hybridized carbons (Fsp3) is 0.933. The molecule has 0 N–H and O–H groups in total. The molecule has 0 saturated heterocycles. The van der Waals surface area contributed by atoms with E-state index in [4.69, 9.17) is 9.47 Å². The second-order valence-electron chi connectivity index (χ2n) is 10.6. The van der Waals surface area contributed by atoms with Gasteiger partial charge in [0, 0.05) is 12.8 Å². The van der Waals surface area contributed by atoms with E-state index < -0.39 is 0 Å². The molecule has 0 aliphatic carbocycles. The van der Waals surface area contributed by atoms with Crippen LogP contribution in [-0.4, -0.2) is 49.7 Å². The maximum absolute atomic E-state index is 12.0. The van der Waals surface area contributed by atoms with Gasteiger partial charge < -0.3 is 14.4 Å². The number of rotatable bonds is 25. The quantitative estimate of drug-likeness (QED) is 0.0946. The first-order chi connectivity index (χ1) is 16.9. The Morgan fingerprint density at radius 3 is 1.60 bits per heavy atom. The molecule has 1 unspecified atom stereocenters. The number of carbonyl (C=O) groups is 2. The standard InChI is InChI=1S/C30H59NO4/c1-6-28(23-22-27(4)5)26-35-30(33)21-17-12-9-10-14-18-24-31(7-2)25-19-15-11-13-16-20-29(32)34-8-3/h27-28H,6-26H2,1-5H3. The summed E-state index contributed by atoms with van der Waals surface area (Å²) in [5, 5.41) is 0. The van der Waals surface area contributed by atoms with Crippen LogP contribution in [0.4, 0.5) is 0 Å². The molecule has 1 atom stereocenters. The minimum atomic E-state index is -0.0554. The fourth-order valence-electron chi connectivity index (χ4n) is 4.37. The largest absolute Gasteiger partial charge is 0.466 e. The molecule has 0 aliphatic rings. The number of esters is 2. The summed E-state index contributed by atoms with van der Waals surface area (Å²) in [6.45, 7) is 15.4. The molecule has 208 valence electrons. The minimum absolute atomic E-state index is 0.00872. The number of nitrogens with zero attached hydrogens (tertiary/aromatic N) is 1. The van der Waals surface area contributed by atoms with Gasteiger partial charge in [0.25, 0.3) is 0 Å². The third-order valence-electron chi connectivity index (χ3n) is 6.92. The summed E-state index contributed by atoms with van der Waals surface area (Å²) >= 11 is 0. The van der Waals surface area contributed by atoms with Crippen molar-refractivity contribution in [2.75, 3.05) is 32.8 Å². The second kappa shape index (κ2) is 24.6. The summed E-state index contributed by atoms with van der Waals surface area (Å²) < 4.78 is 10.5. The third-order valence-corrected chi connectivity index (χ3v) is 6.92. The van der Waals surface area contributed by atoms with E-state index in [0.29, 0.717) is 32.0 Å². The molecule has 0 spiro atoms. The Hall–Kier alpha value is -1.10. The second-order valence-corrected chi connectivity index (χ2v) is 10.6. The van der Waals surface area contributed by atoms with Gasteiger partial charge in [-0.3, -0.25) is 9.59 Å². The molecule has 0 aromatic rings. The monoisotopic (exact) mass is 497 g/mol. The molecular weight excluding hydrogens is 438 g/mol. The number of hydrogen-bond donors (Lipinski definition) is 0. The molecule has 0 bridgehead atoms. The van der Waals surface area contributed by atoms with Gasteiger partial charge in [-0.15, -0.1) is 0 Å². The lowest BCUT2D eigenvalue weighted by Gasteiger charge is -2.20. The summed E-state index contributed by atoms with van der Waals surface area (Å²) in [6, 6.07) is 0. The van der Waals surface area contributed by atoms with Gasteiger partial charge in [0.1, 0.15) is 0 Å². The molecule has 0 aliphatic heterocycles. The van der Waals surface area contributed by atoms with Crippen LogP contribution < -0.4 is 0 Å². The van der Waals surface area contributed by atoms with Crippen molar-refractivity contribution in [3.63, 3.8) is 0 Å². The van der Waals surface area contributed by atoms with E-state index >= 15 is 0 Å². The van der Waals surface area contributed by atoms with E-state index in [2.05, 4.69) is 32.6 Å². The first-order valence-corrected chi connectivity index (χ1v) is 15.0. The number of ether oxygens (including phenoxy) is 2. The van der Waals surface area contributed by atoms with E-state index in [9.17, 15) is 9.59 Å². The Kier molecular flexibility index (Phi) is 23.8. The van der Waals surface area contributed by atoms with E-state index in [-0.39, 0.29) is 11.9 Å². The van der Waals surface area contributed by atoms with Crippen molar-refractivity contribution in [3.8, 4) is 0 Å². The maximum atomic E-state index is 12.0. The molecule has 0 rings (SSSR count). The minimum Gasteiger partial charge on any atom is -0.466 e. The zero-order valence-corrected chi connectivity index (χ0v) is 24.1. The highest BCUT2D eigenvalue weighted by atomic mass is 16.5. The Morgan fingerprint density at radius 2 is 1.14 bits per heavy atom. The third kappa shape index (κ3) is 23.1. The number of carbonyl (C=O) groups excluding carboxylic acids is 2. The van der Waals surface area contributed by atoms with Gasteiger partial charge in [-0.2, -0.15) is 0 Å². The normalized spacial score (nSPS) is 12.3. The summed E-state index contributed by atoms with van der Waals surface area (Å²) in [6.07, 6.45) is 17.5. The predicted molar refractivity (Wildman–Crippen MR) is 148 cm³/mol. The van der Waals surface area contributed by atoms with Crippen LogP contribution in [0.25, 0.3) is 0 Å². The topological polar surface area (TPSA) is 55.8 Å². The van der Waals surface area contributed by atoms with E-state index in [1.165, 1.54) is 64.5 Å². The number of unbranched alkanes of at least 4 members (excludes halogenated alkanes) is 9. The van der Waals surface area contributed by atoms with Crippen molar-refractivity contribution in [1.29, 1.82) is 0 Å². The Balaban J connectivity index is 3.57. The highest BCUT2D eigenvalue weighted by Gasteiger charge is 2.11. The van der Waals surface area contributed by atoms with E-state index in [1.54, 1.807) is 0 Å². The molecule has 0 fully saturated rings. The molecule has 0 amide bonds. The van der Waals surface area contributed by atoms with Gasteiger partial charge in [0.15, 0.2) is 0 Å². The zero-order chi connectivity index (χ0) is 26.2. The van der Waals surface area contributed by atoms with E-state index in [1.807, 2.05) is 6.92 Å². The molecule has 0 heterocycles. The van der Waals surface area contributed by atoms with E-state index in [0.717, 1.165) is 51.0 Å². The first kappa shape index (κ1) is 33.9. The van der Waals surface area contributed by atoms with Gasteiger partial charge in [-0.05, 0) is 70.5 Å². The molecule has 0 saturated carbocycles. The number of hydrogen-bond acceptors (Lipinski definition) is 5. The summed E-state index contributed by atoms with van der Waals surface area (Å²) in [7, 11) is 0. The first-order valence-electron chi connectivity index (χ1n) is 15.0. The Labute approximate surface area is 218 Å². The highest BCUT2D eigenvalue weighted by Crippen LogP contribution is 2.16. The fourth-order valence-corrected chi connectivity index (χ4v) is 4.37. The molecule has 0 aromatic carbocycles. The molecule has 35 heavy (non-hydrogen) atoms. The van der Waals surface area contributed by atoms with Crippen LogP contribution in [0.5, 0.6) is 0 Å². The van der Waals surface area contributed by atoms with Crippen LogP contribution in [0, 0.1) is 11.8 Å². The summed E-state index contributed by atoms with van der Waals surface area (Å²) in [5.41, 5.74) is 0. The lowest BCUT2D eigenvalue weighted by Crippen LogP contribution is -2.25. The SMILES string of the molecule is CCOC(=O)CCCCCCCN(CC)CCCCCCCCC(=O)OCC(CC)CCC(C)C. The van der Waals surface area contributed by atoms with Crippen LogP contribution in [0.2, 0.25) is 0 Å². The molecular formula is C30H59NO4. The van der Waals surface area contributed by atoms with Crippen LogP contribution in [-0.2, 0) is 19.1 Å². The van der Waals surface area contributed by atoms with Crippen molar-refractivity contribution in [1.82, 2.24) is 4.90 Å². The summed E-state index contributed by atoms with van der Waals surface area (Å²) in [4.78, 5) is 25.9. The average molecular weight is 498 g/mol. The van der Waals surface area contributed by atoms with Gasteiger partial charge in [0.2, 0.25) is 0 Å². The average Bonchev–Trinajstić information content (AvgIpc) is 2.83. The molecule has 0 aromatic heterocycles. The molecule has 0 radical (unpaired) electrons. The summed E-state index contributed by atoms with van der Waals surface area (Å²) in [5.74, 6) is 1.17. The van der Waals surface area contributed by atoms with Crippen molar-refractivity contribution in [3.05, 3.63) is 0 Å². The van der Waals surface area contributed by atoms with Crippen LogP contribution in [0.3, 0.4) is 0 Å². The van der Waals surface area contributed by atoms with Gasteiger partial charge in [0.05, 0.1) is 13.2 Å². The van der Waals surface area contributed by atoms with Crippen molar-refractivity contribution in [2.45, 2.75) is 137 Å². The van der Waals surface area contributed by atoms with Gasteiger partial charge in [-0.1, -0.05) is 85.5 Å². The van der Waals surface area contributed by atoms with Crippen LogP contribution >= 0.6 is 0 Å². The smallest absolute Gasteiger partial charge is 0.305 e. The Morgan fingerprint density at radius 1 is 0.657 bits per heavy atom. The lowest BCUT2D eigenvalue weighted by molar-refractivity contribution is -0.145. The van der Waals surface area contributed by atoms with Crippen molar-refractivity contribution < 1.29 is 19.1 Å². The van der Waals surface area contributed by atoms with Crippen LogP contribution in [0.1, 0.15) is 137 Å². The Bertz CT molecular complexity index is 495. The highest BCUT2D eigenvalue weighted by molar-refractivity contribution is 5.69. The lowest BCUT2D eigenvalue weighted by atomic mass is 9.96. The van der Waals surface area contributed by atoms with Crippen molar-refractivity contribution in [2.24, 2.45) is 11.8 Å². The predicted octanol–water partition coefficient (Wildman–Crippen LogP) is 7.95. The zero-order valence-electron chi connectivity index (χ0n) is 24.1. The van der Waals surface area contributed by atoms with Gasteiger partial charge >= 0.3 is 11.9 Å². The molecule has 5 nitrogen and oxygen atoms in total. The molecule has 5 heteroatoms. The van der Waals surface area contributed by atoms with Crippen molar-refractivity contribution >= 4 is 11.9 Å².